The molecular weight excluding hydrogens is 294 g/mol. The van der Waals surface area contributed by atoms with Crippen molar-refractivity contribution in [3.8, 4) is 0 Å². The maximum atomic E-state index is 5.67. The maximum Gasteiger partial charge on any atom is 0.340 e. The van der Waals surface area contributed by atoms with Gasteiger partial charge in [0.15, 0.2) is 0 Å². The molecule has 0 saturated carbocycles. The van der Waals surface area contributed by atoms with Gasteiger partial charge in [-0.05, 0) is 52.8 Å². The third-order valence-electron chi connectivity index (χ3n) is 1.83. The summed E-state index contributed by atoms with van der Waals surface area (Å²) in [5.74, 6) is 0. The standard InChI is InChI=1S/C10H22O5P2S/c1-8(2)13-17(18,14-9(3)4)15-16-11-7-6-10(5)12-16/h8-10H,6-7H2,1-5H3. The van der Waals surface area contributed by atoms with Crippen LogP contribution in [0.4, 0.5) is 0 Å². The first-order valence-electron chi connectivity index (χ1n) is 6.07. The van der Waals surface area contributed by atoms with Crippen LogP contribution < -0.4 is 0 Å². The Morgan fingerprint density at radius 2 is 1.78 bits per heavy atom. The molecule has 1 saturated heterocycles. The SMILES string of the molecule is CC(C)OP(=S)(OC(C)C)OP1OCCC(C)O1. The van der Waals surface area contributed by atoms with Gasteiger partial charge in [0, 0.05) is 0 Å². The molecule has 0 aromatic rings. The van der Waals surface area contributed by atoms with Crippen LogP contribution in [0.3, 0.4) is 0 Å². The first-order chi connectivity index (χ1) is 8.31. The van der Waals surface area contributed by atoms with Crippen LogP contribution in [-0.4, -0.2) is 24.9 Å². The van der Waals surface area contributed by atoms with Gasteiger partial charge in [-0.2, -0.15) is 0 Å². The normalized spacial score (nSPS) is 25.9. The molecule has 0 spiro atoms. The fourth-order valence-corrected chi connectivity index (χ4v) is 5.85. The van der Waals surface area contributed by atoms with Crippen molar-refractivity contribution in [2.24, 2.45) is 0 Å². The van der Waals surface area contributed by atoms with Crippen LogP contribution in [0.15, 0.2) is 0 Å². The summed E-state index contributed by atoms with van der Waals surface area (Å²) in [4.78, 5) is 0. The van der Waals surface area contributed by atoms with Crippen LogP contribution in [0.1, 0.15) is 41.0 Å². The Hall–Kier alpha value is 0.880. The zero-order chi connectivity index (χ0) is 13.8. The van der Waals surface area contributed by atoms with Gasteiger partial charge < -0.3 is 18.1 Å². The van der Waals surface area contributed by atoms with Crippen LogP contribution in [0.5, 0.6) is 0 Å². The molecule has 1 aliphatic rings. The molecular formula is C10H22O5P2S. The molecule has 8 heteroatoms. The van der Waals surface area contributed by atoms with Crippen molar-refractivity contribution in [3.05, 3.63) is 0 Å². The van der Waals surface area contributed by atoms with Crippen molar-refractivity contribution in [2.45, 2.75) is 59.4 Å². The number of rotatable bonds is 6. The third-order valence-corrected chi connectivity index (χ3v) is 6.57. The summed E-state index contributed by atoms with van der Waals surface area (Å²) < 4.78 is 27.9. The van der Waals surface area contributed by atoms with E-state index in [1.807, 2.05) is 34.6 Å². The molecule has 1 aliphatic heterocycles. The van der Waals surface area contributed by atoms with Gasteiger partial charge in [0.1, 0.15) is 0 Å². The Bertz CT molecular complexity index is 286. The monoisotopic (exact) mass is 316 g/mol. The topological polar surface area (TPSA) is 46.2 Å². The van der Waals surface area contributed by atoms with E-state index >= 15 is 0 Å². The molecule has 0 aliphatic carbocycles. The lowest BCUT2D eigenvalue weighted by Gasteiger charge is -2.31. The molecule has 0 amide bonds. The van der Waals surface area contributed by atoms with Crippen molar-refractivity contribution in [1.82, 2.24) is 0 Å². The lowest BCUT2D eigenvalue weighted by atomic mass is 10.3. The van der Waals surface area contributed by atoms with E-state index < -0.39 is 15.3 Å². The Morgan fingerprint density at radius 3 is 2.22 bits per heavy atom. The second-order valence-corrected chi connectivity index (χ2v) is 8.83. The Balaban J connectivity index is 2.62. The van der Waals surface area contributed by atoms with Crippen LogP contribution in [0.2, 0.25) is 0 Å². The summed E-state index contributed by atoms with van der Waals surface area (Å²) in [5, 5.41) is 0. The average Bonchev–Trinajstić information content (AvgIpc) is 2.13. The minimum atomic E-state index is -2.81. The summed E-state index contributed by atoms with van der Waals surface area (Å²) >= 11 is 5.37. The molecule has 0 bridgehead atoms. The van der Waals surface area contributed by atoms with Crippen LogP contribution in [-0.2, 0) is 34.2 Å². The quantitative estimate of drug-likeness (QED) is 0.687. The minimum absolute atomic E-state index is 0.0632. The summed E-state index contributed by atoms with van der Waals surface area (Å²) in [5.41, 5.74) is 0. The Labute approximate surface area is 116 Å². The highest BCUT2D eigenvalue weighted by atomic mass is 32.5. The zero-order valence-corrected chi connectivity index (χ0v) is 14.1. The first kappa shape index (κ1) is 16.9. The van der Waals surface area contributed by atoms with Crippen molar-refractivity contribution in [3.63, 3.8) is 0 Å². The zero-order valence-electron chi connectivity index (χ0n) is 11.5. The molecule has 1 fully saturated rings. The third kappa shape index (κ3) is 6.36. The fourth-order valence-electron chi connectivity index (χ4n) is 1.23. The summed E-state index contributed by atoms with van der Waals surface area (Å²) in [7, 11) is -1.47. The lowest BCUT2D eigenvalue weighted by Crippen LogP contribution is -2.17. The lowest BCUT2D eigenvalue weighted by molar-refractivity contribution is 0.0780. The van der Waals surface area contributed by atoms with Gasteiger partial charge in [-0.15, -0.1) is 0 Å². The number of hydrogen-bond donors (Lipinski definition) is 0. The van der Waals surface area contributed by atoms with Gasteiger partial charge in [0.05, 0.1) is 24.9 Å². The molecule has 1 heterocycles. The average molecular weight is 316 g/mol. The van der Waals surface area contributed by atoms with E-state index in [1.165, 1.54) is 0 Å². The highest BCUT2D eigenvalue weighted by Gasteiger charge is 2.33. The maximum absolute atomic E-state index is 5.67. The van der Waals surface area contributed by atoms with Gasteiger partial charge >= 0.3 is 15.3 Å². The molecule has 0 N–H and O–H groups in total. The highest BCUT2D eigenvalue weighted by molar-refractivity contribution is 8.08. The Kier molecular flexibility index (Phi) is 7.16. The molecule has 0 radical (unpaired) electrons. The highest BCUT2D eigenvalue weighted by Crippen LogP contribution is 2.64. The van der Waals surface area contributed by atoms with Crippen LogP contribution >= 0.6 is 15.3 Å². The van der Waals surface area contributed by atoms with E-state index in [9.17, 15) is 0 Å². The van der Waals surface area contributed by atoms with Crippen LogP contribution in [0.25, 0.3) is 0 Å². The van der Waals surface area contributed by atoms with E-state index in [4.69, 9.17) is 34.2 Å². The van der Waals surface area contributed by atoms with E-state index in [0.29, 0.717) is 6.61 Å². The van der Waals surface area contributed by atoms with E-state index in [1.54, 1.807) is 0 Å². The Morgan fingerprint density at radius 1 is 1.22 bits per heavy atom. The largest absolute Gasteiger partial charge is 0.340 e. The summed E-state index contributed by atoms with van der Waals surface area (Å²) in [6, 6.07) is 0. The smallest absolute Gasteiger partial charge is 0.312 e. The van der Waals surface area contributed by atoms with Gasteiger partial charge in [0.25, 0.3) is 0 Å². The van der Waals surface area contributed by atoms with E-state index in [2.05, 4.69) is 0 Å². The van der Waals surface area contributed by atoms with Crippen molar-refractivity contribution in [1.29, 1.82) is 0 Å². The van der Waals surface area contributed by atoms with Gasteiger partial charge in [-0.25, -0.2) is 4.31 Å². The summed E-state index contributed by atoms with van der Waals surface area (Å²) in [6.07, 6.45) is 0.853. The van der Waals surface area contributed by atoms with Crippen molar-refractivity contribution >= 4 is 27.1 Å². The van der Waals surface area contributed by atoms with Gasteiger partial charge in [-0.1, -0.05) is 0 Å². The molecule has 108 valence electrons. The van der Waals surface area contributed by atoms with Crippen molar-refractivity contribution in [2.75, 3.05) is 6.61 Å². The second-order valence-electron chi connectivity index (χ2n) is 4.60. The number of hydrogen-bond acceptors (Lipinski definition) is 6. The van der Waals surface area contributed by atoms with Gasteiger partial charge in [-0.3, -0.25) is 0 Å². The predicted molar refractivity (Wildman–Crippen MR) is 75.8 cm³/mol. The summed E-state index contributed by atoms with van der Waals surface area (Å²) in [6.45, 7) is 7.37. The van der Waals surface area contributed by atoms with E-state index in [-0.39, 0.29) is 18.3 Å². The van der Waals surface area contributed by atoms with Crippen LogP contribution in [0, 0.1) is 0 Å². The molecule has 5 nitrogen and oxygen atoms in total. The molecule has 1 rings (SSSR count). The molecule has 0 aromatic heterocycles. The minimum Gasteiger partial charge on any atom is -0.312 e. The first-order valence-corrected chi connectivity index (χ1v) is 9.72. The molecule has 18 heavy (non-hydrogen) atoms. The second kappa shape index (κ2) is 7.61. The predicted octanol–water partition coefficient (Wildman–Crippen LogP) is 4.13. The van der Waals surface area contributed by atoms with Gasteiger partial charge in [0.2, 0.25) is 0 Å². The van der Waals surface area contributed by atoms with Crippen molar-refractivity contribution < 1.29 is 22.4 Å². The van der Waals surface area contributed by atoms with E-state index in [0.717, 1.165) is 6.42 Å². The molecule has 2 unspecified atom stereocenters. The molecule has 0 aromatic carbocycles. The molecule has 2 atom stereocenters. The fraction of sp³-hybridized carbons (Fsp3) is 1.00.